The maximum atomic E-state index is 11.2. The lowest BCUT2D eigenvalue weighted by Crippen LogP contribution is -2.14. The van der Waals surface area contributed by atoms with Gasteiger partial charge in [-0.25, -0.2) is 4.79 Å². The van der Waals surface area contributed by atoms with Crippen molar-refractivity contribution in [2.24, 2.45) is 0 Å². The molecule has 1 rings (SSSR count). The predicted molar refractivity (Wildman–Crippen MR) is 71.2 cm³/mol. The first-order valence-electron chi connectivity index (χ1n) is 5.85. The molecule has 0 aliphatic rings. The summed E-state index contributed by atoms with van der Waals surface area (Å²) in [5.74, 6) is 0.255. The third-order valence-electron chi connectivity index (χ3n) is 2.23. The quantitative estimate of drug-likeness (QED) is 0.431. The van der Waals surface area contributed by atoms with Gasteiger partial charge >= 0.3 is 5.97 Å². The molecule has 0 N–H and O–H groups in total. The minimum atomic E-state index is -0.558. The van der Waals surface area contributed by atoms with Crippen molar-refractivity contribution in [2.75, 3.05) is 20.3 Å². The lowest BCUT2D eigenvalue weighted by Gasteiger charge is -2.10. The van der Waals surface area contributed by atoms with Gasteiger partial charge in [-0.1, -0.05) is 6.07 Å². The molecule has 0 heterocycles. The molecule has 1 aromatic carbocycles. The van der Waals surface area contributed by atoms with Gasteiger partial charge in [0.05, 0.1) is 18.6 Å². The number of rotatable bonds is 7. The second-order valence-corrected chi connectivity index (χ2v) is 3.61. The van der Waals surface area contributed by atoms with Crippen LogP contribution in [-0.2, 0) is 9.53 Å². The van der Waals surface area contributed by atoms with Crippen LogP contribution in [0.25, 0.3) is 6.08 Å². The Morgan fingerprint density at radius 1 is 1.40 bits per heavy atom. The number of ether oxygens (including phenoxy) is 3. The van der Waals surface area contributed by atoms with E-state index in [2.05, 4.69) is 0 Å². The van der Waals surface area contributed by atoms with Crippen LogP contribution in [0.1, 0.15) is 12.5 Å². The Morgan fingerprint density at radius 2 is 2.15 bits per heavy atom. The summed E-state index contributed by atoms with van der Waals surface area (Å²) in [5, 5.41) is 10.2. The van der Waals surface area contributed by atoms with Crippen LogP contribution in [0.15, 0.2) is 24.4 Å². The minimum absolute atomic E-state index is 0.228. The van der Waals surface area contributed by atoms with Crippen molar-refractivity contribution in [1.29, 1.82) is 0 Å². The highest BCUT2D eigenvalue weighted by atomic mass is 16.6. The van der Waals surface area contributed by atoms with Gasteiger partial charge in [-0.2, -0.15) is 0 Å². The lowest BCUT2D eigenvalue weighted by molar-refractivity contribution is -0.400. The Kier molecular flexibility index (Phi) is 6.02. The zero-order valence-corrected chi connectivity index (χ0v) is 11.2. The summed E-state index contributed by atoms with van der Waals surface area (Å²) in [7, 11) is 1.44. The van der Waals surface area contributed by atoms with Crippen LogP contribution < -0.4 is 9.47 Å². The largest absolute Gasteiger partial charge is 0.493 e. The van der Waals surface area contributed by atoms with Crippen LogP contribution in [0, 0.1) is 10.1 Å². The molecule has 0 atom stereocenters. The van der Waals surface area contributed by atoms with Crippen LogP contribution in [0.4, 0.5) is 0 Å². The molecule has 0 fully saturated rings. The minimum Gasteiger partial charge on any atom is -0.493 e. The van der Waals surface area contributed by atoms with Crippen molar-refractivity contribution in [3.8, 4) is 11.5 Å². The molecule has 0 bridgehead atoms. The second kappa shape index (κ2) is 7.78. The summed E-state index contributed by atoms with van der Waals surface area (Å²) in [6, 6.07) is 4.75. The van der Waals surface area contributed by atoms with Crippen molar-refractivity contribution < 1.29 is 23.9 Å². The summed E-state index contributed by atoms with van der Waals surface area (Å²) >= 11 is 0. The monoisotopic (exact) mass is 281 g/mol. The molecule has 0 radical (unpaired) electrons. The molecule has 7 heteroatoms. The van der Waals surface area contributed by atoms with Gasteiger partial charge < -0.3 is 14.2 Å². The van der Waals surface area contributed by atoms with Gasteiger partial charge in [-0.15, -0.1) is 0 Å². The molecule has 1 aromatic rings. The molecule has 0 aromatic heterocycles. The number of nitro groups is 1. The van der Waals surface area contributed by atoms with Gasteiger partial charge in [-0.05, 0) is 24.6 Å². The van der Waals surface area contributed by atoms with Gasteiger partial charge in [0.2, 0.25) is 6.20 Å². The Morgan fingerprint density at radius 3 is 2.75 bits per heavy atom. The van der Waals surface area contributed by atoms with E-state index in [4.69, 9.17) is 14.2 Å². The average Bonchev–Trinajstić information content (AvgIpc) is 2.43. The first-order chi connectivity index (χ1) is 9.56. The van der Waals surface area contributed by atoms with E-state index in [1.165, 1.54) is 13.2 Å². The van der Waals surface area contributed by atoms with Crippen LogP contribution in [0.5, 0.6) is 11.5 Å². The molecule has 0 saturated heterocycles. The van der Waals surface area contributed by atoms with Crippen molar-refractivity contribution in [3.05, 3.63) is 40.1 Å². The smallest absolute Gasteiger partial charge is 0.344 e. The fraction of sp³-hybridized carbons (Fsp3) is 0.308. The standard InChI is InChI=1S/C13H15NO6/c1-3-19-13(15)9-20-11-5-4-10(6-7-14(16)17)8-12(11)18-2/h4-8H,3,9H2,1-2H3. The van der Waals surface area contributed by atoms with E-state index in [1.807, 2.05) is 0 Å². The fourth-order valence-corrected chi connectivity index (χ4v) is 1.39. The van der Waals surface area contributed by atoms with Crippen LogP contribution in [-0.4, -0.2) is 31.2 Å². The highest BCUT2D eigenvalue weighted by molar-refractivity contribution is 5.71. The van der Waals surface area contributed by atoms with Gasteiger partial charge in [0.15, 0.2) is 18.1 Å². The fourth-order valence-electron chi connectivity index (χ4n) is 1.39. The Bertz CT molecular complexity index is 512. The zero-order chi connectivity index (χ0) is 15.0. The molecular formula is C13H15NO6. The first kappa shape index (κ1) is 15.5. The maximum absolute atomic E-state index is 11.2. The number of carbonyl (C=O) groups excluding carboxylic acids is 1. The highest BCUT2D eigenvalue weighted by Gasteiger charge is 2.08. The molecule has 0 unspecified atom stereocenters. The van der Waals surface area contributed by atoms with Gasteiger partial charge in [0.25, 0.3) is 0 Å². The Labute approximate surface area is 115 Å². The van der Waals surface area contributed by atoms with Gasteiger partial charge in [0.1, 0.15) is 0 Å². The predicted octanol–water partition coefficient (Wildman–Crippen LogP) is 1.88. The van der Waals surface area contributed by atoms with Crippen molar-refractivity contribution >= 4 is 12.0 Å². The summed E-state index contributed by atoms with van der Waals surface area (Å²) in [6.45, 7) is 1.76. The van der Waals surface area contributed by atoms with Crippen LogP contribution >= 0.6 is 0 Å². The summed E-state index contributed by atoms with van der Waals surface area (Å²) in [4.78, 5) is 20.9. The van der Waals surface area contributed by atoms with Gasteiger partial charge in [0, 0.05) is 6.08 Å². The van der Waals surface area contributed by atoms with E-state index in [-0.39, 0.29) is 13.2 Å². The molecule has 0 spiro atoms. The number of carbonyl (C=O) groups is 1. The SMILES string of the molecule is CCOC(=O)COc1ccc(C=C[N+](=O)[O-])cc1OC. The normalized spacial score (nSPS) is 10.3. The topological polar surface area (TPSA) is 87.9 Å². The third kappa shape index (κ3) is 4.97. The molecule has 7 nitrogen and oxygen atoms in total. The second-order valence-electron chi connectivity index (χ2n) is 3.61. The number of hydrogen-bond acceptors (Lipinski definition) is 6. The molecule has 0 aliphatic carbocycles. The third-order valence-corrected chi connectivity index (χ3v) is 2.23. The van der Waals surface area contributed by atoms with E-state index >= 15 is 0 Å². The van der Waals surface area contributed by atoms with Crippen LogP contribution in [0.3, 0.4) is 0 Å². The lowest BCUT2D eigenvalue weighted by atomic mass is 10.2. The highest BCUT2D eigenvalue weighted by Crippen LogP contribution is 2.28. The molecule has 0 amide bonds. The van der Waals surface area contributed by atoms with Crippen LogP contribution in [0.2, 0.25) is 0 Å². The molecule has 0 saturated carbocycles. The molecule has 0 aliphatic heterocycles. The van der Waals surface area contributed by atoms with E-state index in [0.717, 1.165) is 6.20 Å². The van der Waals surface area contributed by atoms with E-state index in [1.54, 1.807) is 25.1 Å². The van der Waals surface area contributed by atoms with Gasteiger partial charge in [-0.3, -0.25) is 10.1 Å². The van der Waals surface area contributed by atoms with Crippen molar-refractivity contribution in [2.45, 2.75) is 6.92 Å². The number of nitrogens with zero attached hydrogens (tertiary/aromatic N) is 1. The number of methoxy groups -OCH3 is 1. The van der Waals surface area contributed by atoms with E-state index < -0.39 is 10.9 Å². The van der Waals surface area contributed by atoms with E-state index in [9.17, 15) is 14.9 Å². The summed E-state index contributed by atoms with van der Waals surface area (Å²) in [6.07, 6.45) is 2.16. The van der Waals surface area contributed by atoms with Crippen molar-refractivity contribution in [1.82, 2.24) is 0 Å². The molecule has 20 heavy (non-hydrogen) atoms. The average molecular weight is 281 g/mol. The molecule has 108 valence electrons. The van der Waals surface area contributed by atoms with E-state index in [0.29, 0.717) is 17.1 Å². The van der Waals surface area contributed by atoms with Crippen molar-refractivity contribution in [3.63, 3.8) is 0 Å². The Balaban J connectivity index is 2.77. The Hall–Kier alpha value is -2.57. The number of hydrogen-bond donors (Lipinski definition) is 0. The number of benzene rings is 1. The number of esters is 1. The first-order valence-corrected chi connectivity index (χ1v) is 5.85. The summed E-state index contributed by atoms with van der Waals surface area (Å²) in [5.41, 5.74) is 0.585. The molecular weight excluding hydrogens is 266 g/mol. The maximum Gasteiger partial charge on any atom is 0.344 e. The zero-order valence-electron chi connectivity index (χ0n) is 11.2. The summed E-state index contributed by atoms with van der Waals surface area (Å²) < 4.78 is 15.1.